The average molecular weight is 795 g/mol. The number of H-pyrrole nitrogens is 1. The molecule has 2 aromatic heterocycles. The van der Waals surface area contributed by atoms with Gasteiger partial charge in [-0.25, -0.2) is 4.98 Å². The smallest absolute Gasteiger partial charge is 0.306 e. The van der Waals surface area contributed by atoms with Gasteiger partial charge < -0.3 is 19.7 Å². The number of carbonyl (C=O) groups is 3. The lowest BCUT2D eigenvalue weighted by molar-refractivity contribution is -0.250. The first kappa shape index (κ1) is 41.3. The maximum atomic E-state index is 15.5. The molecule has 9 heteroatoms. The van der Waals surface area contributed by atoms with Gasteiger partial charge in [-0.2, -0.15) is 0 Å². The number of aromatic amines is 1. The zero-order valence-corrected chi connectivity index (χ0v) is 36.7. The molecule has 1 saturated heterocycles. The first-order valence-corrected chi connectivity index (χ1v) is 22.6. The Kier molecular flexibility index (Phi) is 10.2. The maximum absolute atomic E-state index is 15.5. The van der Waals surface area contributed by atoms with Gasteiger partial charge in [0.1, 0.15) is 11.9 Å². The first-order valence-electron chi connectivity index (χ1n) is 22.6. The van der Waals surface area contributed by atoms with Crippen molar-refractivity contribution < 1.29 is 24.2 Å². The first-order chi connectivity index (χ1) is 27.3. The number of aliphatic carboxylic acids is 1. The second-order valence-electron chi connectivity index (χ2n) is 22.2. The highest BCUT2D eigenvalue weighted by Gasteiger charge is 2.72. The summed E-state index contributed by atoms with van der Waals surface area (Å²) in [7, 11) is 0. The van der Waals surface area contributed by atoms with Crippen LogP contribution in [0.4, 0.5) is 0 Å². The molecule has 316 valence electrons. The molecule has 2 aromatic rings. The summed E-state index contributed by atoms with van der Waals surface area (Å²) in [5, 5.41) is 9.40. The van der Waals surface area contributed by atoms with Crippen LogP contribution in [0.25, 0.3) is 11.3 Å². The molecule has 11 atom stereocenters. The van der Waals surface area contributed by atoms with Crippen molar-refractivity contribution in [3.63, 3.8) is 0 Å². The predicted octanol–water partition coefficient (Wildman–Crippen LogP) is 10.6. The van der Waals surface area contributed by atoms with Gasteiger partial charge in [0.25, 0.3) is 0 Å². The molecule has 0 bridgehead atoms. The van der Waals surface area contributed by atoms with Gasteiger partial charge in [0, 0.05) is 29.9 Å². The van der Waals surface area contributed by atoms with Crippen LogP contribution in [0.15, 0.2) is 42.9 Å². The van der Waals surface area contributed by atoms with Crippen LogP contribution >= 0.6 is 0 Å². The number of hydrogen-bond acceptors (Lipinski definition) is 6. The summed E-state index contributed by atoms with van der Waals surface area (Å²) < 4.78 is 6.31. The summed E-state index contributed by atoms with van der Waals surface area (Å²) in [6.07, 6.45) is 17.8. The third kappa shape index (κ3) is 6.32. The number of carbonyl (C=O) groups excluding carboxylic acids is 2. The summed E-state index contributed by atoms with van der Waals surface area (Å²) in [6.45, 7) is 23.8. The van der Waals surface area contributed by atoms with Gasteiger partial charge in [0.05, 0.1) is 36.2 Å². The van der Waals surface area contributed by atoms with Gasteiger partial charge in [-0.05, 0) is 147 Å². The zero-order chi connectivity index (χ0) is 41.6. The fourth-order valence-corrected chi connectivity index (χ4v) is 15.5. The number of carboxylic acid groups (broad SMARTS) is 1. The van der Waals surface area contributed by atoms with Crippen molar-refractivity contribution in [1.82, 2.24) is 19.9 Å². The number of ether oxygens (including phenoxy) is 1. The Hall–Kier alpha value is -3.49. The van der Waals surface area contributed by atoms with Gasteiger partial charge >= 0.3 is 11.9 Å². The quantitative estimate of drug-likeness (QED) is 0.191. The SMILES string of the molecule is C=C(C)[C@@H]1CC[C@]2(C(=O)N3CCC[C@@H]3c3ncc(-c4cccnc4)[nH]3)CC[C@]3(C)[C@H](CC[C@@H]4[C@@]5(C)CC[C@H](OC(=O)CC(C)(C)CC(=O)O)C(C)(C)[C@@H]5CC[C@]43C)[C@@H]12. The standard InChI is InChI=1S/C49H70N4O5/c1-30(2)32-16-21-49(43(57)53-25-11-13-35(53)42-51-29-34(52-42)31-12-10-24-50-28-31)23-22-47(8)33(41(32)49)14-15-37-46(7)19-18-38(45(5,6)36(46)17-20-48(37,47)9)58-40(56)27-44(3,4)26-39(54)55/h10,12,24,28-29,32-33,35-38,41H,1,11,13-23,25-27H2,2-9H3,(H,51,52)(H,54,55)/t32-,33+,35+,36-,37+,38-,41+,46-,47+,48+,49-/m0/s1. The van der Waals surface area contributed by atoms with Gasteiger partial charge in [-0.3, -0.25) is 19.4 Å². The lowest BCUT2D eigenvalue weighted by Gasteiger charge is -2.73. The minimum absolute atomic E-state index is 0.0393. The number of allylic oxidation sites excluding steroid dienone is 1. The van der Waals surface area contributed by atoms with Gasteiger partial charge in [-0.1, -0.05) is 60.6 Å². The zero-order valence-electron chi connectivity index (χ0n) is 36.7. The van der Waals surface area contributed by atoms with Crippen molar-refractivity contribution in [2.75, 3.05) is 6.54 Å². The number of hydrogen-bond donors (Lipinski definition) is 2. The molecule has 2 N–H and O–H groups in total. The number of likely N-dealkylation sites (tertiary alicyclic amines) is 1. The van der Waals surface area contributed by atoms with E-state index >= 15 is 4.79 Å². The van der Waals surface area contributed by atoms with Crippen LogP contribution in [0.2, 0.25) is 0 Å². The Morgan fingerprint density at radius 2 is 1.71 bits per heavy atom. The van der Waals surface area contributed by atoms with Gasteiger partial charge in [0.15, 0.2) is 0 Å². The fraction of sp³-hybridized carbons (Fsp3) is 0.735. The van der Waals surface area contributed by atoms with Crippen molar-refractivity contribution in [1.29, 1.82) is 0 Å². The lowest BCUT2D eigenvalue weighted by Crippen LogP contribution is -2.67. The number of carboxylic acids is 1. The molecule has 6 aliphatic rings. The second kappa shape index (κ2) is 14.3. The van der Waals surface area contributed by atoms with Crippen LogP contribution in [0.5, 0.6) is 0 Å². The number of rotatable bonds is 9. The lowest BCUT2D eigenvalue weighted by atomic mass is 9.32. The third-order valence-electron chi connectivity index (χ3n) is 18.4. The van der Waals surface area contributed by atoms with Crippen molar-refractivity contribution in [3.8, 4) is 11.3 Å². The van der Waals surface area contributed by atoms with E-state index in [9.17, 15) is 14.7 Å². The Bertz CT molecular complexity index is 1940. The van der Waals surface area contributed by atoms with E-state index in [1.807, 2.05) is 38.4 Å². The van der Waals surface area contributed by atoms with E-state index in [2.05, 4.69) is 63.0 Å². The number of esters is 1. The molecule has 0 unspecified atom stereocenters. The second-order valence-corrected chi connectivity index (χ2v) is 22.2. The average Bonchev–Trinajstić information content (AvgIpc) is 3.92. The number of pyridine rings is 1. The van der Waals surface area contributed by atoms with Crippen LogP contribution in [-0.2, 0) is 19.1 Å². The molecule has 0 radical (unpaired) electrons. The van der Waals surface area contributed by atoms with Gasteiger partial charge in [-0.15, -0.1) is 0 Å². The number of nitrogens with one attached hydrogen (secondary N) is 1. The van der Waals surface area contributed by atoms with Crippen LogP contribution in [0, 0.1) is 62.1 Å². The summed E-state index contributed by atoms with van der Waals surface area (Å²) in [5.41, 5.74) is 2.33. The number of aromatic nitrogens is 3. The minimum Gasteiger partial charge on any atom is -0.481 e. The number of amides is 1. The van der Waals surface area contributed by atoms with E-state index in [0.29, 0.717) is 35.5 Å². The minimum atomic E-state index is -0.889. The van der Waals surface area contributed by atoms with Crippen LogP contribution < -0.4 is 0 Å². The largest absolute Gasteiger partial charge is 0.481 e. The van der Waals surface area contributed by atoms with E-state index < -0.39 is 11.4 Å². The van der Waals surface area contributed by atoms with E-state index in [0.717, 1.165) is 94.3 Å². The molecule has 6 fully saturated rings. The van der Waals surface area contributed by atoms with Crippen molar-refractivity contribution in [2.24, 2.45) is 62.1 Å². The predicted molar refractivity (Wildman–Crippen MR) is 225 cm³/mol. The molecule has 5 saturated carbocycles. The Labute approximate surface area is 347 Å². The Morgan fingerprint density at radius 3 is 2.41 bits per heavy atom. The monoisotopic (exact) mass is 795 g/mol. The van der Waals surface area contributed by atoms with Crippen molar-refractivity contribution in [3.05, 3.63) is 48.7 Å². The van der Waals surface area contributed by atoms with E-state index in [1.54, 1.807) is 6.20 Å². The molecule has 9 nitrogen and oxygen atoms in total. The summed E-state index contributed by atoms with van der Waals surface area (Å²) in [4.78, 5) is 55.3. The van der Waals surface area contributed by atoms with E-state index in [-0.39, 0.29) is 58.0 Å². The molecule has 1 aliphatic heterocycles. The highest BCUT2D eigenvalue weighted by atomic mass is 16.5. The van der Waals surface area contributed by atoms with Crippen molar-refractivity contribution >= 4 is 17.8 Å². The number of imidazole rings is 1. The highest BCUT2D eigenvalue weighted by Crippen LogP contribution is 2.78. The van der Waals surface area contributed by atoms with Gasteiger partial charge in [0.2, 0.25) is 5.91 Å². The Balaban J connectivity index is 1.05. The van der Waals surface area contributed by atoms with E-state index in [1.165, 1.54) is 12.0 Å². The molecule has 8 rings (SSSR count). The van der Waals surface area contributed by atoms with Crippen molar-refractivity contribution in [2.45, 2.75) is 157 Å². The normalized spacial score (nSPS) is 39.2. The fourth-order valence-electron chi connectivity index (χ4n) is 15.5. The highest BCUT2D eigenvalue weighted by molar-refractivity contribution is 5.84. The molecular formula is C49H70N4O5. The molecule has 0 aromatic carbocycles. The Morgan fingerprint density at radius 1 is 0.931 bits per heavy atom. The number of fused-ring (bicyclic) bond motifs is 7. The molecule has 1 amide bonds. The summed E-state index contributed by atoms with van der Waals surface area (Å²) >= 11 is 0. The summed E-state index contributed by atoms with van der Waals surface area (Å²) in [6, 6.07) is 3.95. The molecule has 58 heavy (non-hydrogen) atoms. The maximum Gasteiger partial charge on any atom is 0.306 e. The van der Waals surface area contributed by atoms with E-state index in [4.69, 9.17) is 9.72 Å². The van der Waals surface area contributed by atoms with Crippen LogP contribution in [-0.4, -0.2) is 55.5 Å². The molecular weight excluding hydrogens is 725 g/mol. The van der Waals surface area contributed by atoms with Crippen LogP contribution in [0.3, 0.4) is 0 Å². The molecule has 3 heterocycles. The molecule has 0 spiro atoms. The number of nitrogens with zero attached hydrogens (tertiary/aromatic N) is 3. The summed E-state index contributed by atoms with van der Waals surface area (Å²) in [5.74, 6) is 2.17. The third-order valence-corrected chi connectivity index (χ3v) is 18.4. The topological polar surface area (TPSA) is 125 Å². The van der Waals surface area contributed by atoms with Crippen LogP contribution in [0.1, 0.15) is 157 Å². The molecule has 5 aliphatic carbocycles.